The molecule has 0 heterocycles. The summed E-state index contributed by atoms with van der Waals surface area (Å²) in [6, 6.07) is 0. The quantitative estimate of drug-likeness (QED) is 0.667. The first kappa shape index (κ1) is 10.5. The van der Waals surface area contributed by atoms with Crippen molar-refractivity contribution in [3.05, 3.63) is 23.8 Å². The van der Waals surface area contributed by atoms with Crippen molar-refractivity contribution >= 4 is 11.9 Å². The maximum absolute atomic E-state index is 10.7. The zero-order chi connectivity index (χ0) is 10.9. The number of hydrogen-bond donors (Lipinski definition) is 2. The predicted molar refractivity (Wildman–Crippen MR) is 49.8 cm³/mol. The Morgan fingerprint density at radius 3 is 2.07 bits per heavy atom. The zero-order valence-corrected chi connectivity index (χ0v) is 7.91. The second-order valence-electron chi connectivity index (χ2n) is 3.57. The lowest BCUT2D eigenvalue weighted by molar-refractivity contribution is -0.134. The Bertz CT molecular complexity index is 334. The fraction of sp³-hybridized carbons (Fsp3) is 0.400. The van der Waals surface area contributed by atoms with Crippen molar-refractivity contribution in [1.29, 1.82) is 0 Å². The SMILES string of the molecule is C=C(C(=O)O)C1(C=C(C)C(=O)O)CC1. The van der Waals surface area contributed by atoms with Crippen molar-refractivity contribution in [2.24, 2.45) is 5.41 Å². The second-order valence-corrected chi connectivity index (χ2v) is 3.57. The first-order chi connectivity index (χ1) is 6.39. The molecule has 0 aromatic rings. The van der Waals surface area contributed by atoms with E-state index in [4.69, 9.17) is 10.2 Å². The fourth-order valence-electron chi connectivity index (χ4n) is 1.36. The van der Waals surface area contributed by atoms with Gasteiger partial charge in [0.1, 0.15) is 0 Å². The molecule has 0 aromatic carbocycles. The summed E-state index contributed by atoms with van der Waals surface area (Å²) in [5.41, 5.74) is -0.350. The Balaban J connectivity index is 2.88. The van der Waals surface area contributed by atoms with E-state index in [1.807, 2.05) is 0 Å². The molecule has 0 atom stereocenters. The van der Waals surface area contributed by atoms with E-state index in [-0.39, 0.29) is 11.1 Å². The molecule has 0 unspecified atom stereocenters. The van der Waals surface area contributed by atoms with Gasteiger partial charge < -0.3 is 10.2 Å². The Morgan fingerprint density at radius 1 is 1.29 bits per heavy atom. The summed E-state index contributed by atoms with van der Waals surface area (Å²) in [6.07, 6.45) is 2.83. The molecule has 0 aliphatic heterocycles. The van der Waals surface area contributed by atoms with Gasteiger partial charge in [0.15, 0.2) is 0 Å². The number of carboxylic acid groups (broad SMARTS) is 2. The molecule has 1 fully saturated rings. The molecule has 0 spiro atoms. The van der Waals surface area contributed by atoms with Crippen molar-refractivity contribution in [3.63, 3.8) is 0 Å². The molecular weight excluding hydrogens is 184 g/mol. The van der Waals surface area contributed by atoms with Crippen LogP contribution in [0.25, 0.3) is 0 Å². The Morgan fingerprint density at radius 2 is 1.79 bits per heavy atom. The van der Waals surface area contributed by atoms with E-state index >= 15 is 0 Å². The first-order valence-corrected chi connectivity index (χ1v) is 4.24. The highest BCUT2D eigenvalue weighted by molar-refractivity contribution is 5.90. The van der Waals surface area contributed by atoms with Crippen LogP contribution in [0.3, 0.4) is 0 Å². The average molecular weight is 196 g/mol. The van der Waals surface area contributed by atoms with Crippen LogP contribution in [-0.2, 0) is 9.59 Å². The van der Waals surface area contributed by atoms with Gasteiger partial charge in [0.25, 0.3) is 0 Å². The van der Waals surface area contributed by atoms with Crippen molar-refractivity contribution in [3.8, 4) is 0 Å². The van der Waals surface area contributed by atoms with E-state index in [0.717, 1.165) is 0 Å². The van der Waals surface area contributed by atoms with Crippen molar-refractivity contribution in [2.45, 2.75) is 19.8 Å². The lowest BCUT2D eigenvalue weighted by Gasteiger charge is -2.09. The molecule has 76 valence electrons. The highest BCUT2D eigenvalue weighted by atomic mass is 16.4. The van der Waals surface area contributed by atoms with Gasteiger partial charge in [-0.05, 0) is 19.8 Å². The van der Waals surface area contributed by atoms with E-state index in [1.54, 1.807) is 0 Å². The van der Waals surface area contributed by atoms with Crippen LogP contribution in [0, 0.1) is 5.41 Å². The van der Waals surface area contributed by atoms with Gasteiger partial charge in [-0.1, -0.05) is 12.7 Å². The molecule has 1 aliphatic carbocycles. The van der Waals surface area contributed by atoms with Gasteiger partial charge in [0, 0.05) is 16.6 Å². The summed E-state index contributed by atoms with van der Waals surface area (Å²) in [4.78, 5) is 21.2. The normalized spacial score (nSPS) is 18.8. The summed E-state index contributed by atoms with van der Waals surface area (Å²) in [5.74, 6) is -2.08. The van der Waals surface area contributed by atoms with Gasteiger partial charge in [0.2, 0.25) is 0 Å². The van der Waals surface area contributed by atoms with Crippen molar-refractivity contribution in [2.75, 3.05) is 0 Å². The first-order valence-electron chi connectivity index (χ1n) is 4.24. The molecule has 2 N–H and O–H groups in total. The molecule has 0 aromatic heterocycles. The van der Waals surface area contributed by atoms with Crippen LogP contribution in [0.4, 0.5) is 0 Å². The maximum Gasteiger partial charge on any atom is 0.331 e. The van der Waals surface area contributed by atoms with Gasteiger partial charge >= 0.3 is 11.9 Å². The van der Waals surface area contributed by atoms with Crippen LogP contribution in [0.15, 0.2) is 23.8 Å². The molecule has 14 heavy (non-hydrogen) atoms. The summed E-state index contributed by atoms with van der Waals surface area (Å²) < 4.78 is 0. The number of rotatable bonds is 4. The van der Waals surface area contributed by atoms with Crippen LogP contribution >= 0.6 is 0 Å². The largest absolute Gasteiger partial charge is 0.478 e. The topological polar surface area (TPSA) is 74.6 Å². The summed E-state index contributed by atoms with van der Waals surface area (Å²) >= 11 is 0. The molecule has 1 rings (SSSR count). The molecule has 1 saturated carbocycles. The molecule has 4 nitrogen and oxygen atoms in total. The number of carbonyl (C=O) groups is 2. The molecular formula is C10H12O4. The molecule has 1 aliphatic rings. The standard InChI is InChI=1S/C10H12O4/c1-6(8(11)12)5-10(3-4-10)7(2)9(13)14/h5H,2-4H2,1H3,(H,11,12)(H,13,14). The summed E-state index contributed by atoms with van der Waals surface area (Å²) in [5, 5.41) is 17.4. The van der Waals surface area contributed by atoms with Gasteiger partial charge in [-0.25, -0.2) is 9.59 Å². The Labute approximate surface area is 81.6 Å². The van der Waals surface area contributed by atoms with Crippen LogP contribution < -0.4 is 0 Å². The molecule has 0 saturated heterocycles. The van der Waals surface area contributed by atoms with Crippen LogP contribution in [-0.4, -0.2) is 22.2 Å². The smallest absolute Gasteiger partial charge is 0.331 e. The molecule has 0 bridgehead atoms. The van der Waals surface area contributed by atoms with E-state index < -0.39 is 17.4 Å². The molecule has 4 heteroatoms. The van der Waals surface area contributed by atoms with Crippen LogP contribution in [0.2, 0.25) is 0 Å². The summed E-state index contributed by atoms with van der Waals surface area (Å²) in [7, 11) is 0. The predicted octanol–water partition coefficient (Wildman–Crippen LogP) is 1.44. The average Bonchev–Trinajstić information content (AvgIpc) is 2.84. The number of hydrogen-bond acceptors (Lipinski definition) is 2. The van der Waals surface area contributed by atoms with Crippen LogP contribution in [0.5, 0.6) is 0 Å². The molecule has 0 amide bonds. The lowest BCUT2D eigenvalue weighted by Crippen LogP contribution is -2.12. The van der Waals surface area contributed by atoms with E-state index in [9.17, 15) is 9.59 Å². The minimum atomic E-state index is -1.06. The minimum Gasteiger partial charge on any atom is -0.478 e. The number of allylic oxidation sites excluding steroid dienone is 1. The van der Waals surface area contributed by atoms with E-state index in [0.29, 0.717) is 12.8 Å². The molecule has 0 radical (unpaired) electrons. The highest BCUT2D eigenvalue weighted by Crippen LogP contribution is 2.53. The van der Waals surface area contributed by atoms with E-state index in [1.165, 1.54) is 13.0 Å². The van der Waals surface area contributed by atoms with Gasteiger partial charge in [-0.2, -0.15) is 0 Å². The highest BCUT2D eigenvalue weighted by Gasteiger charge is 2.46. The monoisotopic (exact) mass is 196 g/mol. The van der Waals surface area contributed by atoms with E-state index in [2.05, 4.69) is 6.58 Å². The van der Waals surface area contributed by atoms with Crippen molar-refractivity contribution < 1.29 is 19.8 Å². The number of carboxylic acids is 2. The third-order valence-corrected chi connectivity index (χ3v) is 2.48. The number of aliphatic carboxylic acids is 2. The Kier molecular flexibility index (Phi) is 2.47. The third kappa shape index (κ3) is 1.84. The van der Waals surface area contributed by atoms with Gasteiger partial charge in [0.05, 0.1) is 0 Å². The lowest BCUT2D eigenvalue weighted by atomic mass is 9.94. The maximum atomic E-state index is 10.7. The second kappa shape index (κ2) is 3.29. The Hall–Kier alpha value is -1.58. The minimum absolute atomic E-state index is 0.0816. The van der Waals surface area contributed by atoms with Crippen molar-refractivity contribution in [1.82, 2.24) is 0 Å². The van der Waals surface area contributed by atoms with Gasteiger partial charge in [-0.3, -0.25) is 0 Å². The zero-order valence-electron chi connectivity index (χ0n) is 7.91. The van der Waals surface area contributed by atoms with Crippen LogP contribution in [0.1, 0.15) is 19.8 Å². The summed E-state index contributed by atoms with van der Waals surface area (Å²) in [6.45, 7) is 4.92. The van der Waals surface area contributed by atoms with Gasteiger partial charge in [-0.15, -0.1) is 0 Å². The third-order valence-electron chi connectivity index (χ3n) is 2.48. The fourth-order valence-corrected chi connectivity index (χ4v) is 1.36.